The topological polar surface area (TPSA) is 52.6 Å². The average molecular weight is 363 g/mol. The summed E-state index contributed by atoms with van der Waals surface area (Å²) < 4.78 is 10.6. The normalized spacial score (nSPS) is 32.1. The van der Waals surface area contributed by atoms with E-state index in [4.69, 9.17) is 9.47 Å². The first-order valence-electron chi connectivity index (χ1n) is 9.90. The van der Waals surface area contributed by atoms with E-state index in [1.165, 1.54) is 44.3 Å². The van der Waals surface area contributed by atoms with Gasteiger partial charge in [0.05, 0.1) is 0 Å². The smallest absolute Gasteiger partial charge is 0.330 e. The minimum absolute atomic E-state index is 0.0942. The van der Waals surface area contributed by atoms with Crippen molar-refractivity contribution in [3.8, 4) is 0 Å². The molecule has 0 saturated heterocycles. The third-order valence-corrected chi connectivity index (χ3v) is 7.14. The predicted molar refractivity (Wildman–Crippen MR) is 102 cm³/mol. The van der Waals surface area contributed by atoms with Crippen molar-refractivity contribution < 1.29 is 19.1 Å². The van der Waals surface area contributed by atoms with E-state index in [1.807, 2.05) is 0 Å². The fraction of sp³-hybridized carbons (Fsp3) is 0.727. The Labute approximate surface area is 158 Å². The Hall–Kier alpha value is -1.58. The summed E-state index contributed by atoms with van der Waals surface area (Å²) in [5, 5.41) is 0. The maximum absolute atomic E-state index is 11.3. The lowest BCUT2D eigenvalue weighted by molar-refractivity contribution is -0.150. The lowest BCUT2D eigenvalue weighted by Gasteiger charge is -2.38. The lowest BCUT2D eigenvalue weighted by Crippen LogP contribution is -2.38. The summed E-state index contributed by atoms with van der Waals surface area (Å²) >= 11 is 0. The molecule has 3 fully saturated rings. The van der Waals surface area contributed by atoms with E-state index >= 15 is 0 Å². The molecule has 0 aromatic carbocycles. The van der Waals surface area contributed by atoms with Crippen LogP contribution in [0.3, 0.4) is 0 Å². The summed E-state index contributed by atoms with van der Waals surface area (Å²) in [6.45, 7) is 13.7. The van der Waals surface area contributed by atoms with E-state index in [0.29, 0.717) is 11.3 Å². The van der Waals surface area contributed by atoms with Crippen LogP contribution in [-0.4, -0.2) is 24.1 Å². The van der Waals surface area contributed by atoms with Gasteiger partial charge in [-0.3, -0.25) is 0 Å². The maximum atomic E-state index is 11.3. The molecule has 4 heteroatoms. The first-order valence-corrected chi connectivity index (χ1v) is 9.90. The monoisotopic (exact) mass is 362 g/mol. The van der Waals surface area contributed by atoms with Crippen molar-refractivity contribution in [1.82, 2.24) is 0 Å². The van der Waals surface area contributed by atoms with E-state index in [-0.39, 0.29) is 29.6 Å². The van der Waals surface area contributed by atoms with E-state index in [1.54, 1.807) is 0 Å². The van der Waals surface area contributed by atoms with Crippen LogP contribution >= 0.6 is 0 Å². The van der Waals surface area contributed by atoms with Crippen LogP contribution in [0.2, 0.25) is 0 Å². The zero-order valence-corrected chi connectivity index (χ0v) is 16.6. The largest absolute Gasteiger partial charge is 0.459 e. The summed E-state index contributed by atoms with van der Waals surface area (Å²) in [5.74, 6) is 0.159. The van der Waals surface area contributed by atoms with E-state index in [9.17, 15) is 9.59 Å². The molecule has 2 bridgehead atoms. The average Bonchev–Trinajstić information content (AvgIpc) is 2.96. The van der Waals surface area contributed by atoms with E-state index < -0.39 is 0 Å². The molecule has 0 spiro atoms. The molecule has 146 valence electrons. The van der Waals surface area contributed by atoms with Crippen LogP contribution in [0.5, 0.6) is 0 Å². The molecule has 3 aliphatic rings. The molecule has 0 amide bonds. The van der Waals surface area contributed by atoms with Crippen LogP contribution in [0.25, 0.3) is 0 Å². The Bertz CT molecular complexity index is 544. The molecular formula is C22H34O4. The number of rotatable bonds is 4. The highest BCUT2D eigenvalue weighted by molar-refractivity contribution is 5.81. The summed E-state index contributed by atoms with van der Waals surface area (Å²) in [6.07, 6.45) is 12.0. The van der Waals surface area contributed by atoms with E-state index in [0.717, 1.165) is 19.3 Å². The van der Waals surface area contributed by atoms with Crippen LogP contribution in [0.1, 0.15) is 72.1 Å². The van der Waals surface area contributed by atoms with Crippen LogP contribution in [-0.2, 0) is 19.1 Å². The second-order valence-electron chi connectivity index (χ2n) is 8.64. The molecule has 4 nitrogen and oxygen atoms in total. The minimum atomic E-state index is -0.281. The summed E-state index contributed by atoms with van der Waals surface area (Å²) in [4.78, 5) is 22.0. The van der Waals surface area contributed by atoms with Gasteiger partial charge in [-0.2, -0.15) is 0 Å². The van der Waals surface area contributed by atoms with E-state index in [2.05, 4.69) is 33.9 Å². The van der Waals surface area contributed by atoms with Gasteiger partial charge in [0.25, 0.3) is 0 Å². The van der Waals surface area contributed by atoms with Crippen LogP contribution in [0.15, 0.2) is 25.3 Å². The Balaban J connectivity index is 0.000000197. The van der Waals surface area contributed by atoms with Gasteiger partial charge in [0.1, 0.15) is 12.2 Å². The Morgan fingerprint density at radius 1 is 0.923 bits per heavy atom. The number of esters is 2. The van der Waals surface area contributed by atoms with Crippen LogP contribution < -0.4 is 0 Å². The quantitative estimate of drug-likeness (QED) is 0.523. The van der Waals surface area contributed by atoms with Crippen molar-refractivity contribution in [1.29, 1.82) is 0 Å². The Morgan fingerprint density at radius 2 is 1.50 bits per heavy atom. The number of hydrogen-bond donors (Lipinski definition) is 0. The minimum Gasteiger partial charge on any atom is -0.459 e. The van der Waals surface area contributed by atoms with Gasteiger partial charge >= 0.3 is 11.9 Å². The van der Waals surface area contributed by atoms with Gasteiger partial charge in [-0.05, 0) is 56.3 Å². The van der Waals surface area contributed by atoms with Crippen molar-refractivity contribution >= 4 is 11.9 Å². The second kappa shape index (κ2) is 8.41. The fourth-order valence-electron chi connectivity index (χ4n) is 4.89. The van der Waals surface area contributed by atoms with Gasteiger partial charge in [0, 0.05) is 17.6 Å². The van der Waals surface area contributed by atoms with Crippen molar-refractivity contribution in [2.24, 2.45) is 16.7 Å². The maximum Gasteiger partial charge on any atom is 0.330 e. The van der Waals surface area contributed by atoms with Crippen molar-refractivity contribution in [2.75, 3.05) is 0 Å². The van der Waals surface area contributed by atoms with Crippen molar-refractivity contribution in [3.63, 3.8) is 0 Å². The number of carbonyl (C=O) groups excluding carboxylic acids is 2. The number of carbonyl (C=O) groups is 2. The molecule has 3 atom stereocenters. The SMILES string of the molecule is C=CC(=O)OC1CC2CCC1(C)C2(C)C.C=CC(=O)OC1CCCCC1. The molecule has 0 heterocycles. The molecule has 0 radical (unpaired) electrons. The highest BCUT2D eigenvalue weighted by atomic mass is 16.5. The van der Waals surface area contributed by atoms with Gasteiger partial charge in [-0.25, -0.2) is 9.59 Å². The fourth-order valence-corrected chi connectivity index (χ4v) is 4.89. The third kappa shape index (κ3) is 4.21. The molecule has 0 aromatic heterocycles. The van der Waals surface area contributed by atoms with Gasteiger partial charge in [-0.15, -0.1) is 0 Å². The summed E-state index contributed by atoms with van der Waals surface area (Å²) in [6, 6.07) is 0. The predicted octanol–water partition coefficient (Wildman–Crippen LogP) is 4.98. The van der Waals surface area contributed by atoms with Gasteiger partial charge < -0.3 is 9.47 Å². The highest BCUT2D eigenvalue weighted by Gasteiger charge is 2.62. The van der Waals surface area contributed by atoms with Crippen molar-refractivity contribution in [2.45, 2.75) is 84.3 Å². The molecule has 0 N–H and O–H groups in total. The first kappa shape index (κ1) is 20.7. The van der Waals surface area contributed by atoms with Crippen LogP contribution in [0.4, 0.5) is 0 Å². The molecule has 0 aromatic rings. The Kier molecular flexibility index (Phi) is 6.70. The molecular weight excluding hydrogens is 328 g/mol. The zero-order chi connectivity index (χ0) is 19.4. The molecule has 3 unspecified atom stereocenters. The van der Waals surface area contributed by atoms with Crippen molar-refractivity contribution in [3.05, 3.63) is 25.3 Å². The molecule has 26 heavy (non-hydrogen) atoms. The zero-order valence-electron chi connectivity index (χ0n) is 16.6. The number of hydrogen-bond acceptors (Lipinski definition) is 4. The first-order chi connectivity index (χ1) is 12.2. The third-order valence-electron chi connectivity index (χ3n) is 7.14. The number of fused-ring (bicyclic) bond motifs is 2. The lowest BCUT2D eigenvalue weighted by atomic mass is 9.70. The summed E-state index contributed by atoms with van der Waals surface area (Å²) in [7, 11) is 0. The molecule has 3 aliphatic carbocycles. The standard InChI is InChI=1S/C13H20O2.C9H14O2/c1-5-11(14)15-10-8-9-6-7-13(10,4)12(9,2)3;1-2-9(10)11-8-6-4-3-5-7-8/h5,9-10H,1,6-8H2,2-4H3;2,8H,1,3-7H2. The number of ether oxygens (including phenoxy) is 2. The molecule has 3 saturated carbocycles. The summed E-state index contributed by atoms with van der Waals surface area (Å²) in [5.41, 5.74) is 0.468. The molecule has 0 aliphatic heterocycles. The highest BCUT2D eigenvalue weighted by Crippen LogP contribution is 2.66. The second-order valence-corrected chi connectivity index (χ2v) is 8.64. The molecule has 3 rings (SSSR count). The van der Waals surface area contributed by atoms with Gasteiger partial charge in [0.2, 0.25) is 0 Å². The van der Waals surface area contributed by atoms with Gasteiger partial charge in [0.15, 0.2) is 0 Å². The Morgan fingerprint density at radius 3 is 1.96 bits per heavy atom. The van der Waals surface area contributed by atoms with Gasteiger partial charge in [-0.1, -0.05) is 40.3 Å². The van der Waals surface area contributed by atoms with Crippen LogP contribution in [0, 0.1) is 16.7 Å².